The number of hydrogen-bond donors (Lipinski definition) is 1. The average molecular weight is 375 g/mol. The average Bonchev–Trinajstić information content (AvgIpc) is 2.66. The third-order valence-electron chi connectivity index (χ3n) is 4.31. The summed E-state index contributed by atoms with van der Waals surface area (Å²) in [5, 5.41) is 0. The smallest absolute Gasteiger partial charge is 0.254 e. The van der Waals surface area contributed by atoms with Gasteiger partial charge in [-0.15, -0.1) is 0 Å². The van der Waals surface area contributed by atoms with Crippen molar-refractivity contribution in [3.63, 3.8) is 0 Å². The number of rotatable bonds is 8. The highest BCUT2D eigenvalue weighted by Crippen LogP contribution is 2.18. The predicted octanol–water partition coefficient (Wildman–Crippen LogP) is 3.43. The van der Waals surface area contributed by atoms with Gasteiger partial charge < -0.3 is 4.90 Å². The van der Waals surface area contributed by atoms with Gasteiger partial charge >= 0.3 is 0 Å². The van der Waals surface area contributed by atoms with Crippen molar-refractivity contribution in [1.29, 1.82) is 0 Å². The fourth-order valence-electron chi connectivity index (χ4n) is 2.66. The Labute approximate surface area is 156 Å². The number of sulfonamides is 1. The highest BCUT2D eigenvalue weighted by Gasteiger charge is 2.22. The van der Waals surface area contributed by atoms with E-state index >= 15 is 0 Å². The van der Waals surface area contributed by atoms with Crippen LogP contribution in [0, 0.1) is 0 Å². The molecule has 1 unspecified atom stereocenters. The summed E-state index contributed by atoms with van der Waals surface area (Å²) in [7, 11) is -3.60. The number of carbonyl (C=O) groups excluding carboxylic acids is 1. The first-order valence-electron chi connectivity index (χ1n) is 8.83. The minimum absolute atomic E-state index is 0.0386. The van der Waals surface area contributed by atoms with Crippen LogP contribution in [0.5, 0.6) is 0 Å². The minimum Gasteiger partial charge on any atom is -0.332 e. The van der Waals surface area contributed by atoms with E-state index < -0.39 is 10.0 Å². The van der Waals surface area contributed by atoms with Crippen molar-refractivity contribution in [3.05, 3.63) is 65.7 Å². The van der Waals surface area contributed by atoms with Crippen LogP contribution in [0.25, 0.3) is 0 Å². The molecule has 0 radical (unpaired) electrons. The zero-order valence-corrected chi connectivity index (χ0v) is 16.3. The van der Waals surface area contributed by atoms with Crippen molar-refractivity contribution in [1.82, 2.24) is 9.62 Å². The molecule has 6 heteroatoms. The van der Waals surface area contributed by atoms with Gasteiger partial charge in [0.2, 0.25) is 10.0 Å². The first-order valence-corrected chi connectivity index (χ1v) is 10.3. The molecule has 140 valence electrons. The standard InChI is InChI=1S/C20H26N2O3S/c1-4-16(3)22(15-17-10-7-6-8-11-17)20(23)18-12-9-13-19(14-18)26(24,25)21-5-2/h6-14,16,21H,4-5,15H2,1-3H3. The highest BCUT2D eigenvalue weighted by atomic mass is 32.2. The van der Waals surface area contributed by atoms with Gasteiger partial charge in [-0.05, 0) is 37.1 Å². The quantitative estimate of drug-likeness (QED) is 0.770. The van der Waals surface area contributed by atoms with Crippen molar-refractivity contribution < 1.29 is 13.2 Å². The minimum atomic E-state index is -3.60. The normalized spacial score (nSPS) is 12.6. The molecule has 2 aromatic carbocycles. The van der Waals surface area contributed by atoms with Gasteiger partial charge in [0.15, 0.2) is 0 Å². The zero-order chi connectivity index (χ0) is 19.2. The van der Waals surface area contributed by atoms with Crippen LogP contribution in [0.15, 0.2) is 59.5 Å². The van der Waals surface area contributed by atoms with Gasteiger partial charge in [0, 0.05) is 24.7 Å². The molecule has 0 aromatic heterocycles. The largest absolute Gasteiger partial charge is 0.332 e. The summed E-state index contributed by atoms with van der Waals surface area (Å²) >= 11 is 0. The van der Waals surface area contributed by atoms with E-state index in [1.165, 1.54) is 12.1 Å². The van der Waals surface area contributed by atoms with E-state index in [1.807, 2.05) is 44.2 Å². The Morgan fingerprint density at radius 1 is 1.08 bits per heavy atom. The van der Waals surface area contributed by atoms with Crippen molar-refractivity contribution in [2.75, 3.05) is 6.54 Å². The third kappa shape index (κ3) is 4.93. The van der Waals surface area contributed by atoms with Crippen LogP contribution in [0.2, 0.25) is 0 Å². The Morgan fingerprint density at radius 2 is 1.77 bits per heavy atom. The lowest BCUT2D eigenvalue weighted by atomic mass is 10.1. The molecule has 26 heavy (non-hydrogen) atoms. The monoisotopic (exact) mass is 374 g/mol. The van der Waals surface area contributed by atoms with Gasteiger partial charge in [-0.25, -0.2) is 13.1 Å². The van der Waals surface area contributed by atoms with Gasteiger partial charge in [-0.2, -0.15) is 0 Å². The van der Waals surface area contributed by atoms with Crippen LogP contribution >= 0.6 is 0 Å². The number of carbonyl (C=O) groups is 1. The molecule has 0 aliphatic carbocycles. The van der Waals surface area contributed by atoms with Crippen molar-refractivity contribution in [2.45, 2.75) is 44.7 Å². The van der Waals surface area contributed by atoms with E-state index in [2.05, 4.69) is 4.72 Å². The maximum Gasteiger partial charge on any atom is 0.254 e. The lowest BCUT2D eigenvalue weighted by molar-refractivity contribution is 0.0671. The maximum atomic E-state index is 13.1. The number of amides is 1. The molecule has 0 saturated heterocycles. The zero-order valence-electron chi connectivity index (χ0n) is 15.5. The third-order valence-corrected chi connectivity index (χ3v) is 5.85. The molecule has 1 N–H and O–H groups in total. The molecule has 0 spiro atoms. The second kappa shape index (κ2) is 8.96. The summed E-state index contributed by atoms with van der Waals surface area (Å²) in [5.74, 6) is -0.170. The van der Waals surface area contributed by atoms with E-state index in [4.69, 9.17) is 0 Å². The first kappa shape index (κ1) is 20.1. The van der Waals surface area contributed by atoms with Gasteiger partial charge in [0.1, 0.15) is 0 Å². The van der Waals surface area contributed by atoms with E-state index in [0.717, 1.165) is 12.0 Å². The molecular weight excluding hydrogens is 348 g/mol. The Bertz CT molecular complexity index is 835. The van der Waals surface area contributed by atoms with Crippen LogP contribution in [0.4, 0.5) is 0 Å². The van der Waals surface area contributed by atoms with Gasteiger partial charge in [0.25, 0.3) is 5.91 Å². The molecule has 0 aliphatic rings. The van der Waals surface area contributed by atoms with E-state index in [0.29, 0.717) is 18.7 Å². The van der Waals surface area contributed by atoms with Crippen molar-refractivity contribution in [2.24, 2.45) is 0 Å². The topological polar surface area (TPSA) is 66.5 Å². The van der Waals surface area contributed by atoms with Gasteiger partial charge in [-0.1, -0.05) is 50.2 Å². The number of hydrogen-bond acceptors (Lipinski definition) is 3. The molecule has 1 atom stereocenters. The summed E-state index contributed by atoms with van der Waals surface area (Å²) in [6.07, 6.45) is 0.813. The fraction of sp³-hybridized carbons (Fsp3) is 0.350. The molecule has 2 rings (SSSR count). The van der Waals surface area contributed by atoms with Gasteiger partial charge in [0.05, 0.1) is 4.90 Å². The molecule has 0 heterocycles. The number of nitrogens with zero attached hydrogens (tertiary/aromatic N) is 1. The van der Waals surface area contributed by atoms with Crippen molar-refractivity contribution >= 4 is 15.9 Å². The highest BCUT2D eigenvalue weighted by molar-refractivity contribution is 7.89. The first-order chi connectivity index (χ1) is 12.4. The summed E-state index contributed by atoms with van der Waals surface area (Å²) in [6, 6.07) is 16.0. The Morgan fingerprint density at radius 3 is 2.38 bits per heavy atom. The number of benzene rings is 2. The molecule has 0 bridgehead atoms. The molecule has 0 saturated carbocycles. The molecule has 0 fully saturated rings. The molecule has 1 amide bonds. The molecule has 5 nitrogen and oxygen atoms in total. The van der Waals surface area contributed by atoms with E-state index in [-0.39, 0.29) is 16.8 Å². The fourth-order valence-corrected chi connectivity index (χ4v) is 3.75. The summed E-state index contributed by atoms with van der Waals surface area (Å²) < 4.78 is 26.9. The van der Waals surface area contributed by atoms with Crippen LogP contribution in [-0.2, 0) is 16.6 Å². The Balaban J connectivity index is 2.34. The lowest BCUT2D eigenvalue weighted by Crippen LogP contribution is -2.38. The van der Waals surface area contributed by atoms with Crippen LogP contribution in [0.3, 0.4) is 0 Å². The summed E-state index contributed by atoms with van der Waals surface area (Å²) in [6.45, 7) is 6.53. The van der Waals surface area contributed by atoms with Crippen molar-refractivity contribution in [3.8, 4) is 0 Å². The summed E-state index contributed by atoms with van der Waals surface area (Å²) in [4.78, 5) is 15.0. The predicted molar refractivity (Wildman–Crippen MR) is 103 cm³/mol. The number of nitrogens with one attached hydrogen (secondary N) is 1. The SMILES string of the molecule is CCNS(=O)(=O)c1cccc(C(=O)N(Cc2ccccc2)C(C)CC)c1. The second-order valence-electron chi connectivity index (χ2n) is 6.21. The van der Waals surface area contributed by atoms with E-state index in [1.54, 1.807) is 24.0 Å². The van der Waals surface area contributed by atoms with Gasteiger partial charge in [-0.3, -0.25) is 4.79 Å². The Kier molecular flexibility index (Phi) is 6.94. The molecular formula is C20H26N2O3S. The summed E-state index contributed by atoms with van der Waals surface area (Å²) in [5.41, 5.74) is 1.41. The Hall–Kier alpha value is -2.18. The lowest BCUT2D eigenvalue weighted by Gasteiger charge is -2.29. The maximum absolute atomic E-state index is 13.1. The molecule has 2 aromatic rings. The second-order valence-corrected chi connectivity index (χ2v) is 7.97. The molecule has 0 aliphatic heterocycles. The van der Waals surface area contributed by atoms with Crippen LogP contribution in [-0.4, -0.2) is 31.8 Å². The van der Waals surface area contributed by atoms with Crippen LogP contribution < -0.4 is 4.72 Å². The van der Waals surface area contributed by atoms with E-state index in [9.17, 15) is 13.2 Å². The van der Waals surface area contributed by atoms with Crippen LogP contribution in [0.1, 0.15) is 43.1 Å².